The van der Waals surface area contributed by atoms with Gasteiger partial charge in [-0.1, -0.05) is 0 Å². The minimum Gasteiger partial charge on any atom is -0.475 e. The fraction of sp³-hybridized carbons (Fsp3) is 0.308. The van der Waals surface area contributed by atoms with Crippen molar-refractivity contribution in [2.75, 3.05) is 0 Å². The molecule has 0 aliphatic heterocycles. The zero-order chi connectivity index (χ0) is 15.8. The van der Waals surface area contributed by atoms with E-state index in [1.807, 2.05) is 19.1 Å². The highest BCUT2D eigenvalue weighted by molar-refractivity contribution is 7.89. The first-order valence-electron chi connectivity index (χ1n) is 6.13. The van der Waals surface area contributed by atoms with Gasteiger partial charge in [0.1, 0.15) is 10.7 Å². The number of aromatic carboxylic acids is 1. The van der Waals surface area contributed by atoms with Gasteiger partial charge in [-0.2, -0.15) is 0 Å². The molecule has 0 bridgehead atoms. The molecule has 8 heteroatoms. The number of hydrogen-bond donors (Lipinski definition) is 2. The lowest BCUT2D eigenvalue weighted by atomic mass is 10.3. The summed E-state index contributed by atoms with van der Waals surface area (Å²) in [5.41, 5.74) is 0. The number of carbonyl (C=O) groups is 1. The summed E-state index contributed by atoms with van der Waals surface area (Å²) in [4.78, 5) is 12.7. The van der Waals surface area contributed by atoms with Crippen LogP contribution in [0.2, 0.25) is 0 Å². The standard InChI is InChI=1S/C13H15NO5S2/c1-7-4-5-11(20-7)8(2)14-21(17,18)12-6-10(13(15)16)19-9(12)3/h4-6,8,14H,1-3H3,(H,15,16). The van der Waals surface area contributed by atoms with E-state index in [1.54, 1.807) is 6.92 Å². The second-order valence-corrected chi connectivity index (χ2v) is 7.63. The Bertz CT molecular complexity index is 772. The fourth-order valence-corrected chi connectivity index (χ4v) is 4.23. The summed E-state index contributed by atoms with van der Waals surface area (Å²) >= 11 is 1.50. The van der Waals surface area contributed by atoms with Crippen LogP contribution in [-0.4, -0.2) is 19.5 Å². The SMILES string of the molecule is Cc1ccc(C(C)NS(=O)(=O)c2cc(C(=O)O)oc2C)s1. The van der Waals surface area contributed by atoms with Crippen molar-refractivity contribution < 1.29 is 22.7 Å². The fourth-order valence-electron chi connectivity index (χ4n) is 1.88. The minimum absolute atomic E-state index is 0.0504. The first kappa shape index (κ1) is 15.7. The molecular weight excluding hydrogens is 314 g/mol. The number of carboxylic acids is 1. The van der Waals surface area contributed by atoms with Gasteiger partial charge in [-0.25, -0.2) is 17.9 Å². The van der Waals surface area contributed by atoms with Crippen LogP contribution in [0.3, 0.4) is 0 Å². The highest BCUT2D eigenvalue weighted by atomic mass is 32.2. The average Bonchev–Trinajstić information content (AvgIpc) is 2.95. The van der Waals surface area contributed by atoms with Crippen LogP contribution in [0.25, 0.3) is 0 Å². The Kier molecular flexibility index (Phi) is 4.22. The predicted octanol–water partition coefficient (Wildman–Crippen LogP) is 2.70. The number of furan rings is 1. The molecule has 1 atom stereocenters. The normalized spacial score (nSPS) is 13.3. The molecule has 0 spiro atoms. The van der Waals surface area contributed by atoms with E-state index >= 15 is 0 Å². The molecule has 0 amide bonds. The molecule has 0 aliphatic carbocycles. The smallest absolute Gasteiger partial charge is 0.371 e. The van der Waals surface area contributed by atoms with Crippen LogP contribution < -0.4 is 4.72 Å². The summed E-state index contributed by atoms with van der Waals surface area (Å²) in [5.74, 6) is -1.65. The van der Waals surface area contributed by atoms with Gasteiger partial charge in [0.05, 0.1) is 6.04 Å². The molecule has 2 aromatic heterocycles. The van der Waals surface area contributed by atoms with Gasteiger partial charge >= 0.3 is 5.97 Å². The minimum atomic E-state index is -3.84. The number of sulfonamides is 1. The molecule has 0 saturated carbocycles. The van der Waals surface area contributed by atoms with Crippen molar-refractivity contribution in [2.24, 2.45) is 0 Å². The Balaban J connectivity index is 2.28. The van der Waals surface area contributed by atoms with Crippen molar-refractivity contribution in [3.8, 4) is 0 Å². The number of hydrogen-bond acceptors (Lipinski definition) is 5. The Hall–Kier alpha value is -1.64. The van der Waals surface area contributed by atoms with Crippen molar-refractivity contribution in [3.05, 3.63) is 39.5 Å². The second kappa shape index (κ2) is 5.63. The summed E-state index contributed by atoms with van der Waals surface area (Å²) in [5, 5.41) is 8.84. The van der Waals surface area contributed by atoms with Gasteiger partial charge in [0.2, 0.25) is 15.8 Å². The van der Waals surface area contributed by atoms with E-state index in [2.05, 4.69) is 4.72 Å². The van der Waals surface area contributed by atoms with Gasteiger partial charge < -0.3 is 9.52 Å². The molecule has 0 radical (unpaired) electrons. The van der Waals surface area contributed by atoms with E-state index in [4.69, 9.17) is 9.52 Å². The van der Waals surface area contributed by atoms with Crippen LogP contribution in [0.4, 0.5) is 0 Å². The largest absolute Gasteiger partial charge is 0.475 e. The summed E-state index contributed by atoms with van der Waals surface area (Å²) in [6, 6.07) is 4.39. The molecule has 0 saturated heterocycles. The van der Waals surface area contributed by atoms with Crippen molar-refractivity contribution in [2.45, 2.75) is 31.7 Å². The van der Waals surface area contributed by atoms with E-state index in [9.17, 15) is 13.2 Å². The number of thiophene rings is 1. The predicted molar refractivity (Wildman–Crippen MR) is 78.2 cm³/mol. The molecule has 6 nitrogen and oxygen atoms in total. The molecule has 21 heavy (non-hydrogen) atoms. The summed E-state index contributed by atoms with van der Waals surface area (Å²) in [6.07, 6.45) is 0. The molecule has 0 aliphatic rings. The lowest BCUT2D eigenvalue weighted by Gasteiger charge is -2.12. The third kappa shape index (κ3) is 3.34. The molecule has 0 aromatic carbocycles. The van der Waals surface area contributed by atoms with Crippen LogP contribution >= 0.6 is 11.3 Å². The molecule has 1 unspecified atom stereocenters. The highest BCUT2D eigenvalue weighted by Crippen LogP contribution is 2.26. The first-order valence-corrected chi connectivity index (χ1v) is 8.43. The third-order valence-electron chi connectivity index (χ3n) is 2.89. The van der Waals surface area contributed by atoms with Crippen molar-refractivity contribution >= 4 is 27.3 Å². The number of carboxylic acid groups (broad SMARTS) is 1. The van der Waals surface area contributed by atoms with Crippen LogP contribution in [0.5, 0.6) is 0 Å². The topological polar surface area (TPSA) is 96.6 Å². The van der Waals surface area contributed by atoms with Crippen LogP contribution in [0.15, 0.2) is 27.5 Å². The number of nitrogens with one attached hydrogen (secondary N) is 1. The lowest BCUT2D eigenvalue weighted by molar-refractivity contribution is 0.0661. The molecular formula is C13H15NO5S2. The Labute approximate surface area is 126 Å². The van der Waals surface area contributed by atoms with E-state index < -0.39 is 27.8 Å². The summed E-state index contributed by atoms with van der Waals surface area (Å²) < 4.78 is 32.1. The first-order chi connectivity index (χ1) is 9.70. The Morgan fingerprint density at radius 1 is 1.38 bits per heavy atom. The van der Waals surface area contributed by atoms with E-state index in [0.29, 0.717) is 0 Å². The molecule has 0 fully saturated rings. The Morgan fingerprint density at radius 3 is 2.52 bits per heavy atom. The van der Waals surface area contributed by atoms with E-state index in [0.717, 1.165) is 15.8 Å². The number of aryl methyl sites for hydroxylation is 2. The van der Waals surface area contributed by atoms with E-state index in [1.165, 1.54) is 18.3 Å². The van der Waals surface area contributed by atoms with Gasteiger partial charge in [-0.15, -0.1) is 11.3 Å². The highest BCUT2D eigenvalue weighted by Gasteiger charge is 2.26. The van der Waals surface area contributed by atoms with Crippen LogP contribution in [-0.2, 0) is 10.0 Å². The zero-order valence-electron chi connectivity index (χ0n) is 11.7. The second-order valence-electron chi connectivity index (χ2n) is 4.63. The van der Waals surface area contributed by atoms with Gasteiger partial charge in [-0.3, -0.25) is 0 Å². The lowest BCUT2D eigenvalue weighted by Crippen LogP contribution is -2.26. The summed E-state index contributed by atoms with van der Waals surface area (Å²) in [7, 11) is -3.84. The van der Waals surface area contributed by atoms with Gasteiger partial charge in [0.15, 0.2) is 0 Å². The molecule has 2 aromatic rings. The number of rotatable bonds is 5. The molecule has 114 valence electrons. The molecule has 2 heterocycles. The van der Waals surface area contributed by atoms with Crippen molar-refractivity contribution in [1.29, 1.82) is 0 Å². The maximum absolute atomic E-state index is 12.3. The van der Waals surface area contributed by atoms with Crippen LogP contribution in [0, 0.1) is 13.8 Å². The van der Waals surface area contributed by atoms with Crippen molar-refractivity contribution in [3.63, 3.8) is 0 Å². The maximum atomic E-state index is 12.3. The Morgan fingerprint density at radius 2 is 2.05 bits per heavy atom. The van der Waals surface area contributed by atoms with E-state index in [-0.39, 0.29) is 10.7 Å². The third-order valence-corrected chi connectivity index (χ3v) is 5.72. The molecule has 2 rings (SSSR count). The van der Waals surface area contributed by atoms with Gasteiger partial charge in [0, 0.05) is 15.8 Å². The zero-order valence-corrected chi connectivity index (χ0v) is 13.3. The quantitative estimate of drug-likeness (QED) is 0.879. The van der Waals surface area contributed by atoms with Gasteiger partial charge in [0.25, 0.3) is 0 Å². The van der Waals surface area contributed by atoms with Crippen molar-refractivity contribution in [1.82, 2.24) is 4.72 Å². The van der Waals surface area contributed by atoms with Gasteiger partial charge in [-0.05, 0) is 32.9 Å². The summed E-state index contributed by atoms with van der Waals surface area (Å²) in [6.45, 7) is 5.09. The molecule has 2 N–H and O–H groups in total. The average molecular weight is 329 g/mol. The monoisotopic (exact) mass is 329 g/mol. The van der Waals surface area contributed by atoms with Crippen LogP contribution in [0.1, 0.15) is 39.0 Å². The maximum Gasteiger partial charge on any atom is 0.371 e.